The van der Waals surface area contributed by atoms with Crippen LogP contribution < -0.4 is 9.47 Å². The van der Waals surface area contributed by atoms with Crippen molar-refractivity contribution in [1.82, 2.24) is 0 Å². The monoisotopic (exact) mass is 224 g/mol. The average molecular weight is 224 g/mol. The molecule has 88 valence electrons. The molecule has 1 saturated heterocycles. The fourth-order valence-electron chi connectivity index (χ4n) is 1.50. The molecule has 1 atom stereocenters. The summed E-state index contributed by atoms with van der Waals surface area (Å²) in [4.78, 5) is 0. The Bertz CT molecular complexity index is 358. The smallest absolute Gasteiger partial charge is 0.161 e. The van der Waals surface area contributed by atoms with E-state index < -0.39 is 6.10 Å². The minimum Gasteiger partial charge on any atom is -0.493 e. The highest BCUT2D eigenvalue weighted by Gasteiger charge is 2.21. The lowest BCUT2D eigenvalue weighted by atomic mass is 10.1. The van der Waals surface area contributed by atoms with E-state index in [0.29, 0.717) is 24.7 Å². The molecular weight excluding hydrogens is 208 g/mol. The maximum absolute atomic E-state index is 9.46. The van der Waals surface area contributed by atoms with Crippen LogP contribution in [0.15, 0.2) is 18.2 Å². The predicted molar refractivity (Wildman–Crippen MR) is 58.9 cm³/mol. The van der Waals surface area contributed by atoms with Crippen LogP contribution in [0.25, 0.3) is 0 Å². The number of aliphatic hydroxyl groups excluding tert-OH is 1. The second-order valence-corrected chi connectivity index (χ2v) is 3.86. The van der Waals surface area contributed by atoms with Gasteiger partial charge in [0, 0.05) is 0 Å². The van der Waals surface area contributed by atoms with Gasteiger partial charge in [0.05, 0.1) is 26.4 Å². The highest BCUT2D eigenvalue weighted by atomic mass is 16.6. The van der Waals surface area contributed by atoms with Gasteiger partial charge >= 0.3 is 0 Å². The SMILES string of the molecule is COc1cc(C(C)O)ccc1OC1COC1. The third-order valence-electron chi connectivity index (χ3n) is 2.57. The normalized spacial score (nSPS) is 17.7. The second-order valence-electron chi connectivity index (χ2n) is 3.86. The molecule has 16 heavy (non-hydrogen) atoms. The van der Waals surface area contributed by atoms with Crippen LogP contribution in [-0.4, -0.2) is 31.5 Å². The highest BCUT2D eigenvalue weighted by molar-refractivity contribution is 5.43. The van der Waals surface area contributed by atoms with Gasteiger partial charge in [0.15, 0.2) is 11.5 Å². The van der Waals surface area contributed by atoms with E-state index in [9.17, 15) is 5.11 Å². The zero-order chi connectivity index (χ0) is 11.5. The Morgan fingerprint density at radius 1 is 1.38 bits per heavy atom. The lowest BCUT2D eigenvalue weighted by Crippen LogP contribution is -2.38. The molecule has 1 fully saturated rings. The standard InChI is InChI=1S/C12H16O4/c1-8(13)9-3-4-11(12(5-9)14-2)16-10-6-15-7-10/h3-5,8,10,13H,6-7H2,1-2H3. The van der Waals surface area contributed by atoms with Gasteiger partial charge in [-0.3, -0.25) is 0 Å². The molecule has 1 heterocycles. The number of ether oxygens (including phenoxy) is 3. The summed E-state index contributed by atoms with van der Waals surface area (Å²) >= 11 is 0. The van der Waals surface area contributed by atoms with E-state index in [4.69, 9.17) is 14.2 Å². The minimum absolute atomic E-state index is 0.117. The third kappa shape index (κ3) is 2.28. The highest BCUT2D eigenvalue weighted by Crippen LogP contribution is 2.31. The number of hydrogen-bond donors (Lipinski definition) is 1. The van der Waals surface area contributed by atoms with Crippen LogP contribution in [-0.2, 0) is 4.74 Å². The first-order valence-corrected chi connectivity index (χ1v) is 5.31. The predicted octanol–water partition coefficient (Wildman–Crippen LogP) is 1.53. The van der Waals surface area contributed by atoms with E-state index in [0.717, 1.165) is 5.56 Å². The van der Waals surface area contributed by atoms with E-state index in [-0.39, 0.29) is 6.10 Å². The topological polar surface area (TPSA) is 47.9 Å². The molecule has 1 unspecified atom stereocenters. The Morgan fingerprint density at radius 3 is 2.62 bits per heavy atom. The van der Waals surface area contributed by atoms with Gasteiger partial charge < -0.3 is 19.3 Å². The Labute approximate surface area is 94.8 Å². The quantitative estimate of drug-likeness (QED) is 0.842. The third-order valence-corrected chi connectivity index (χ3v) is 2.57. The van der Waals surface area contributed by atoms with Crippen molar-refractivity contribution in [1.29, 1.82) is 0 Å². The maximum atomic E-state index is 9.46. The van der Waals surface area contributed by atoms with Gasteiger partial charge in [-0.05, 0) is 24.6 Å². The van der Waals surface area contributed by atoms with Crippen molar-refractivity contribution in [2.24, 2.45) is 0 Å². The van der Waals surface area contributed by atoms with Crippen LogP contribution in [0.4, 0.5) is 0 Å². The molecule has 1 aliphatic heterocycles. The molecule has 0 radical (unpaired) electrons. The fraction of sp³-hybridized carbons (Fsp3) is 0.500. The van der Waals surface area contributed by atoms with Crippen LogP contribution in [0.2, 0.25) is 0 Å². The van der Waals surface area contributed by atoms with Crippen molar-refractivity contribution < 1.29 is 19.3 Å². The van der Waals surface area contributed by atoms with E-state index in [1.807, 2.05) is 12.1 Å². The number of methoxy groups -OCH3 is 1. The van der Waals surface area contributed by atoms with Gasteiger partial charge in [0.25, 0.3) is 0 Å². The van der Waals surface area contributed by atoms with Crippen molar-refractivity contribution in [2.75, 3.05) is 20.3 Å². The molecule has 4 heteroatoms. The summed E-state index contributed by atoms with van der Waals surface area (Å²) in [6.07, 6.45) is -0.388. The molecule has 1 N–H and O–H groups in total. The Hall–Kier alpha value is -1.26. The molecule has 2 rings (SSSR count). The molecule has 0 aliphatic carbocycles. The van der Waals surface area contributed by atoms with Crippen molar-refractivity contribution in [3.05, 3.63) is 23.8 Å². The zero-order valence-corrected chi connectivity index (χ0v) is 9.47. The van der Waals surface area contributed by atoms with Gasteiger partial charge in [0.1, 0.15) is 6.10 Å². The minimum atomic E-state index is -0.505. The summed E-state index contributed by atoms with van der Waals surface area (Å²) in [5.74, 6) is 1.34. The maximum Gasteiger partial charge on any atom is 0.161 e. The lowest BCUT2D eigenvalue weighted by Gasteiger charge is -2.27. The summed E-state index contributed by atoms with van der Waals surface area (Å²) in [5.41, 5.74) is 0.814. The molecule has 1 aromatic rings. The molecule has 1 aliphatic rings. The van der Waals surface area contributed by atoms with E-state index >= 15 is 0 Å². The van der Waals surface area contributed by atoms with Gasteiger partial charge in [-0.2, -0.15) is 0 Å². The Kier molecular flexibility index (Phi) is 3.31. The summed E-state index contributed by atoms with van der Waals surface area (Å²) < 4.78 is 15.9. The molecule has 0 bridgehead atoms. The summed E-state index contributed by atoms with van der Waals surface area (Å²) in [6.45, 7) is 2.97. The molecule has 1 aromatic carbocycles. The number of benzene rings is 1. The lowest BCUT2D eigenvalue weighted by molar-refractivity contribution is -0.0803. The van der Waals surface area contributed by atoms with Crippen molar-refractivity contribution in [2.45, 2.75) is 19.1 Å². The first-order chi connectivity index (χ1) is 7.70. The zero-order valence-electron chi connectivity index (χ0n) is 9.47. The van der Waals surface area contributed by atoms with Crippen molar-refractivity contribution in [3.63, 3.8) is 0 Å². The van der Waals surface area contributed by atoms with Crippen molar-refractivity contribution >= 4 is 0 Å². The van der Waals surface area contributed by atoms with Gasteiger partial charge in [-0.15, -0.1) is 0 Å². The molecule has 4 nitrogen and oxygen atoms in total. The summed E-state index contributed by atoms with van der Waals surface area (Å²) in [5, 5.41) is 9.46. The molecule has 0 amide bonds. The molecule has 0 aromatic heterocycles. The van der Waals surface area contributed by atoms with E-state index in [2.05, 4.69) is 0 Å². The van der Waals surface area contributed by atoms with Crippen LogP contribution in [0, 0.1) is 0 Å². The molecule has 0 saturated carbocycles. The van der Waals surface area contributed by atoms with Crippen LogP contribution in [0.5, 0.6) is 11.5 Å². The van der Waals surface area contributed by atoms with Crippen molar-refractivity contribution in [3.8, 4) is 11.5 Å². The van der Waals surface area contributed by atoms with Gasteiger partial charge in [0.2, 0.25) is 0 Å². The molecular formula is C12H16O4. The summed E-state index contributed by atoms with van der Waals surface area (Å²) in [7, 11) is 1.59. The van der Waals surface area contributed by atoms with Crippen LogP contribution in [0.3, 0.4) is 0 Å². The van der Waals surface area contributed by atoms with Crippen LogP contribution >= 0.6 is 0 Å². The number of hydrogen-bond acceptors (Lipinski definition) is 4. The van der Waals surface area contributed by atoms with Gasteiger partial charge in [-0.25, -0.2) is 0 Å². The van der Waals surface area contributed by atoms with Gasteiger partial charge in [-0.1, -0.05) is 6.07 Å². The average Bonchev–Trinajstić information content (AvgIpc) is 2.23. The first kappa shape index (κ1) is 11.2. The Balaban J connectivity index is 2.16. The molecule has 0 spiro atoms. The van der Waals surface area contributed by atoms with E-state index in [1.165, 1.54) is 0 Å². The number of aliphatic hydroxyl groups is 1. The Morgan fingerprint density at radius 2 is 2.12 bits per heavy atom. The summed E-state index contributed by atoms with van der Waals surface area (Å²) in [6, 6.07) is 5.45. The largest absolute Gasteiger partial charge is 0.493 e. The fourth-order valence-corrected chi connectivity index (χ4v) is 1.50. The first-order valence-electron chi connectivity index (χ1n) is 5.31. The van der Waals surface area contributed by atoms with Crippen LogP contribution in [0.1, 0.15) is 18.6 Å². The van der Waals surface area contributed by atoms with E-state index in [1.54, 1.807) is 20.1 Å². The number of rotatable bonds is 4. The second kappa shape index (κ2) is 4.72.